The van der Waals surface area contributed by atoms with Gasteiger partial charge in [-0.1, -0.05) is 86.1 Å². The standard InChI is InChI=1S/C37H55N3O6/c1-7-9-11-12-14-18-32(41)30-21-31(34(46-25-27(5)6)22-33(30)45-24-26(3)4)37(44)38-23-36(43)40-29-17-15-16-28(20-29)39-35(42)19-13-10-8-2/h15-17,20-22,26-27H,7-14,18-19,23-25H2,1-6H3,(H,38,44)(H,39,42)(H,40,43). The van der Waals surface area contributed by atoms with Gasteiger partial charge < -0.3 is 25.4 Å². The average Bonchev–Trinajstić information content (AvgIpc) is 3.01. The lowest BCUT2D eigenvalue weighted by molar-refractivity contribution is -0.116. The Morgan fingerprint density at radius 1 is 0.652 bits per heavy atom. The second-order valence-electron chi connectivity index (χ2n) is 12.7. The Bertz CT molecular complexity index is 1270. The molecule has 0 heterocycles. The summed E-state index contributed by atoms with van der Waals surface area (Å²) in [7, 11) is 0. The molecule has 2 aromatic carbocycles. The molecule has 9 nitrogen and oxygen atoms in total. The summed E-state index contributed by atoms with van der Waals surface area (Å²) in [4.78, 5) is 51.9. The molecule has 0 saturated carbocycles. The Morgan fingerprint density at radius 3 is 1.80 bits per heavy atom. The van der Waals surface area contributed by atoms with Crippen molar-refractivity contribution in [1.82, 2.24) is 5.32 Å². The number of unbranched alkanes of at least 4 members (excludes halogenated alkanes) is 6. The van der Waals surface area contributed by atoms with E-state index >= 15 is 0 Å². The molecule has 46 heavy (non-hydrogen) atoms. The number of Topliss-reactive ketones (excluding diaryl/α,β-unsaturated/α-hetero) is 1. The van der Waals surface area contributed by atoms with Crippen molar-refractivity contribution in [2.24, 2.45) is 11.8 Å². The third-order valence-corrected chi connectivity index (χ3v) is 7.13. The fourth-order valence-electron chi connectivity index (χ4n) is 4.63. The number of amides is 3. The summed E-state index contributed by atoms with van der Waals surface area (Å²) in [6, 6.07) is 10.0. The highest BCUT2D eigenvalue weighted by atomic mass is 16.5. The van der Waals surface area contributed by atoms with Crippen LogP contribution in [0.2, 0.25) is 0 Å². The van der Waals surface area contributed by atoms with Crippen molar-refractivity contribution < 1.29 is 28.7 Å². The predicted molar refractivity (Wildman–Crippen MR) is 185 cm³/mol. The van der Waals surface area contributed by atoms with Crippen molar-refractivity contribution in [2.75, 3.05) is 30.4 Å². The zero-order chi connectivity index (χ0) is 33.9. The fourth-order valence-corrected chi connectivity index (χ4v) is 4.63. The molecular weight excluding hydrogens is 582 g/mol. The van der Waals surface area contributed by atoms with Crippen molar-refractivity contribution in [3.05, 3.63) is 47.5 Å². The van der Waals surface area contributed by atoms with E-state index in [4.69, 9.17) is 9.47 Å². The molecule has 0 atom stereocenters. The Balaban J connectivity index is 2.19. The highest BCUT2D eigenvalue weighted by molar-refractivity contribution is 6.05. The summed E-state index contributed by atoms with van der Waals surface area (Å²) in [5.41, 5.74) is 1.59. The van der Waals surface area contributed by atoms with Gasteiger partial charge in [0.1, 0.15) is 11.5 Å². The number of ether oxygens (including phenoxy) is 2. The van der Waals surface area contributed by atoms with E-state index in [2.05, 4.69) is 29.8 Å². The van der Waals surface area contributed by atoms with Gasteiger partial charge in [-0.2, -0.15) is 0 Å². The summed E-state index contributed by atoms with van der Waals surface area (Å²) < 4.78 is 12.1. The molecule has 0 radical (unpaired) electrons. The van der Waals surface area contributed by atoms with Crippen LogP contribution < -0.4 is 25.4 Å². The van der Waals surface area contributed by atoms with Crippen LogP contribution in [0.5, 0.6) is 11.5 Å². The van der Waals surface area contributed by atoms with Gasteiger partial charge in [0.05, 0.1) is 30.9 Å². The monoisotopic (exact) mass is 637 g/mol. The minimum atomic E-state index is -0.533. The number of hydrogen-bond acceptors (Lipinski definition) is 6. The van der Waals surface area contributed by atoms with Crippen LogP contribution in [0.4, 0.5) is 11.4 Å². The van der Waals surface area contributed by atoms with E-state index < -0.39 is 11.8 Å². The summed E-state index contributed by atoms with van der Waals surface area (Å²) in [5, 5.41) is 8.29. The maximum Gasteiger partial charge on any atom is 0.255 e. The minimum absolute atomic E-state index is 0.0744. The molecule has 2 aromatic rings. The first-order valence-electron chi connectivity index (χ1n) is 17.0. The van der Waals surface area contributed by atoms with Crippen LogP contribution in [-0.4, -0.2) is 43.3 Å². The van der Waals surface area contributed by atoms with Gasteiger partial charge in [0, 0.05) is 30.3 Å². The van der Waals surface area contributed by atoms with Crippen molar-refractivity contribution in [3.8, 4) is 11.5 Å². The van der Waals surface area contributed by atoms with Crippen molar-refractivity contribution in [1.29, 1.82) is 0 Å². The minimum Gasteiger partial charge on any atom is -0.492 e. The number of ketones is 1. The number of anilines is 2. The van der Waals surface area contributed by atoms with E-state index in [0.29, 0.717) is 54.5 Å². The lowest BCUT2D eigenvalue weighted by atomic mass is 9.99. The normalized spacial score (nSPS) is 11.0. The highest BCUT2D eigenvalue weighted by Crippen LogP contribution is 2.32. The van der Waals surface area contributed by atoms with Crippen LogP contribution in [0, 0.1) is 11.8 Å². The van der Waals surface area contributed by atoms with Gasteiger partial charge in [-0.25, -0.2) is 0 Å². The zero-order valence-corrected chi connectivity index (χ0v) is 28.8. The number of benzene rings is 2. The molecule has 0 aliphatic carbocycles. The molecule has 2 rings (SSSR count). The molecule has 0 aliphatic rings. The molecule has 3 amide bonds. The number of nitrogens with one attached hydrogen (secondary N) is 3. The Kier molecular flexibility index (Phi) is 17.5. The maximum absolute atomic E-state index is 13.5. The van der Waals surface area contributed by atoms with Crippen LogP contribution in [0.1, 0.15) is 126 Å². The lowest BCUT2D eigenvalue weighted by Crippen LogP contribution is -2.33. The first-order chi connectivity index (χ1) is 22.0. The molecule has 3 N–H and O–H groups in total. The second-order valence-corrected chi connectivity index (χ2v) is 12.7. The molecule has 0 fully saturated rings. The molecule has 0 bridgehead atoms. The summed E-state index contributed by atoms with van der Waals surface area (Å²) in [6.07, 6.45) is 8.72. The largest absolute Gasteiger partial charge is 0.492 e. The van der Waals surface area contributed by atoms with Gasteiger partial charge in [0.15, 0.2) is 5.78 Å². The van der Waals surface area contributed by atoms with Crippen LogP contribution in [0.15, 0.2) is 36.4 Å². The summed E-state index contributed by atoms with van der Waals surface area (Å²) >= 11 is 0. The van der Waals surface area contributed by atoms with Crippen LogP contribution in [0.25, 0.3) is 0 Å². The Hall–Kier alpha value is -3.88. The Labute approximate surface area is 275 Å². The third kappa shape index (κ3) is 14.5. The fraction of sp³-hybridized carbons (Fsp3) is 0.568. The van der Waals surface area contributed by atoms with Crippen LogP contribution in [0.3, 0.4) is 0 Å². The first-order valence-corrected chi connectivity index (χ1v) is 17.0. The van der Waals surface area contributed by atoms with Gasteiger partial charge >= 0.3 is 0 Å². The van der Waals surface area contributed by atoms with E-state index in [9.17, 15) is 19.2 Å². The molecule has 254 valence electrons. The van der Waals surface area contributed by atoms with E-state index in [-0.39, 0.29) is 35.6 Å². The smallest absolute Gasteiger partial charge is 0.255 e. The number of carbonyl (C=O) groups excluding carboxylic acids is 4. The maximum atomic E-state index is 13.5. The topological polar surface area (TPSA) is 123 Å². The van der Waals surface area contributed by atoms with Gasteiger partial charge in [-0.3, -0.25) is 19.2 Å². The molecule has 0 spiro atoms. The average molecular weight is 638 g/mol. The van der Waals surface area contributed by atoms with Crippen molar-refractivity contribution in [3.63, 3.8) is 0 Å². The van der Waals surface area contributed by atoms with E-state index in [0.717, 1.165) is 51.4 Å². The van der Waals surface area contributed by atoms with Gasteiger partial charge in [-0.15, -0.1) is 0 Å². The second kappa shape index (κ2) is 21.0. The van der Waals surface area contributed by atoms with E-state index in [1.807, 2.05) is 27.7 Å². The summed E-state index contributed by atoms with van der Waals surface area (Å²) in [6.45, 7) is 12.8. The van der Waals surface area contributed by atoms with E-state index in [1.54, 1.807) is 36.4 Å². The number of carbonyl (C=O) groups is 4. The lowest BCUT2D eigenvalue weighted by Gasteiger charge is -2.19. The van der Waals surface area contributed by atoms with Gasteiger partial charge in [0.25, 0.3) is 5.91 Å². The van der Waals surface area contributed by atoms with Crippen LogP contribution in [-0.2, 0) is 9.59 Å². The third-order valence-electron chi connectivity index (χ3n) is 7.13. The molecule has 0 aromatic heterocycles. The summed E-state index contributed by atoms with van der Waals surface area (Å²) in [5.74, 6) is -0.00210. The highest BCUT2D eigenvalue weighted by Gasteiger charge is 2.23. The van der Waals surface area contributed by atoms with Gasteiger partial charge in [-0.05, 0) is 48.9 Å². The van der Waals surface area contributed by atoms with E-state index in [1.165, 1.54) is 0 Å². The molecule has 0 unspecified atom stereocenters. The van der Waals surface area contributed by atoms with Crippen LogP contribution >= 0.6 is 0 Å². The van der Waals surface area contributed by atoms with Crippen molar-refractivity contribution >= 4 is 34.9 Å². The zero-order valence-electron chi connectivity index (χ0n) is 28.8. The Morgan fingerprint density at radius 2 is 1.20 bits per heavy atom. The molecule has 0 saturated heterocycles. The number of hydrogen-bond donors (Lipinski definition) is 3. The molecular formula is C37H55N3O6. The van der Waals surface area contributed by atoms with Gasteiger partial charge in [0.2, 0.25) is 11.8 Å². The number of rotatable bonds is 22. The van der Waals surface area contributed by atoms with Crippen molar-refractivity contribution in [2.45, 2.75) is 106 Å². The quantitative estimate of drug-likeness (QED) is 0.0884. The first kappa shape index (κ1) is 38.3. The predicted octanol–water partition coefficient (Wildman–Crippen LogP) is 8.19. The molecule has 9 heteroatoms. The molecule has 0 aliphatic heterocycles. The SMILES string of the molecule is CCCCCCCC(=O)c1cc(C(=O)NCC(=O)Nc2cccc(NC(=O)CCCCC)c2)c(OCC(C)C)cc1OCC(C)C.